The quantitative estimate of drug-likeness (QED) is 0.310. The molecule has 3 aromatic rings. The third-order valence-electron chi connectivity index (χ3n) is 4.90. The molecule has 0 saturated carbocycles. The summed E-state index contributed by atoms with van der Waals surface area (Å²) in [6.07, 6.45) is 0. The maximum Gasteiger partial charge on any atom is 0.300 e. The summed E-state index contributed by atoms with van der Waals surface area (Å²) in [6.45, 7) is 0. The molecule has 1 aliphatic rings. The van der Waals surface area contributed by atoms with Crippen molar-refractivity contribution in [2.24, 2.45) is 0 Å². The second-order valence-corrected chi connectivity index (χ2v) is 7.77. The van der Waals surface area contributed by atoms with Crippen LogP contribution in [0.1, 0.15) is 17.2 Å². The predicted octanol–water partition coefficient (Wildman–Crippen LogP) is 5.46. The fraction of sp³-hybridized carbons (Fsp3) is 0.0435. The minimum atomic E-state index is -1.03. The second kappa shape index (κ2) is 8.06. The number of anilines is 1. The van der Waals surface area contributed by atoms with E-state index in [1.807, 2.05) is 0 Å². The van der Waals surface area contributed by atoms with Gasteiger partial charge >= 0.3 is 0 Å². The number of benzene rings is 3. The highest BCUT2D eigenvalue weighted by Gasteiger charge is 2.47. The van der Waals surface area contributed by atoms with Crippen LogP contribution in [0.25, 0.3) is 5.76 Å². The van der Waals surface area contributed by atoms with Crippen LogP contribution in [0.15, 0.2) is 72.3 Å². The van der Waals surface area contributed by atoms with Crippen LogP contribution in [-0.4, -0.2) is 21.9 Å². The Morgan fingerprint density at radius 1 is 0.903 bits per heavy atom. The molecular formula is C23H14Cl2FNO4. The molecule has 0 radical (unpaired) electrons. The Labute approximate surface area is 186 Å². The van der Waals surface area contributed by atoms with Crippen molar-refractivity contribution in [2.45, 2.75) is 6.04 Å². The number of aliphatic hydroxyl groups excluding tert-OH is 1. The summed E-state index contributed by atoms with van der Waals surface area (Å²) in [5, 5.41) is 21.1. The molecule has 1 saturated heterocycles. The summed E-state index contributed by atoms with van der Waals surface area (Å²) in [5.74, 6) is -2.78. The number of aliphatic hydroxyl groups is 1. The van der Waals surface area contributed by atoms with Gasteiger partial charge in [-0.1, -0.05) is 35.3 Å². The molecule has 5 nitrogen and oxygen atoms in total. The third-order valence-corrected chi connectivity index (χ3v) is 5.33. The second-order valence-electron chi connectivity index (χ2n) is 6.90. The van der Waals surface area contributed by atoms with Gasteiger partial charge in [-0.25, -0.2) is 4.39 Å². The van der Waals surface area contributed by atoms with E-state index in [-0.39, 0.29) is 32.6 Å². The van der Waals surface area contributed by atoms with E-state index in [0.29, 0.717) is 5.56 Å². The monoisotopic (exact) mass is 457 g/mol. The van der Waals surface area contributed by atoms with E-state index >= 15 is 0 Å². The first-order valence-corrected chi connectivity index (χ1v) is 9.84. The number of halogens is 3. The standard InChI is InChI=1S/C23H14Cl2FNO4/c24-14-9-15(25)11-17(10-14)27-20(12-3-7-18(28)8-4-12)19(22(30)23(27)31)21(29)13-1-5-16(26)6-2-13/h1-11,20,28-29H/b21-19+. The summed E-state index contributed by atoms with van der Waals surface area (Å²) in [6, 6.07) is 14.2. The lowest BCUT2D eigenvalue weighted by Crippen LogP contribution is -2.29. The molecule has 0 aliphatic carbocycles. The van der Waals surface area contributed by atoms with Gasteiger partial charge in [-0.05, 0) is 60.2 Å². The molecular weight excluding hydrogens is 444 g/mol. The van der Waals surface area contributed by atoms with Gasteiger partial charge in [0, 0.05) is 21.3 Å². The zero-order valence-electron chi connectivity index (χ0n) is 15.7. The number of phenolic OH excluding ortho intramolecular Hbond substituents is 1. The summed E-state index contributed by atoms with van der Waals surface area (Å²) in [7, 11) is 0. The number of aromatic hydroxyl groups is 1. The highest BCUT2D eigenvalue weighted by Crippen LogP contribution is 2.43. The Morgan fingerprint density at radius 2 is 1.48 bits per heavy atom. The number of ketones is 1. The Morgan fingerprint density at radius 3 is 2.06 bits per heavy atom. The molecule has 156 valence electrons. The summed E-state index contributed by atoms with van der Waals surface area (Å²) >= 11 is 12.2. The van der Waals surface area contributed by atoms with E-state index in [2.05, 4.69) is 0 Å². The van der Waals surface area contributed by atoms with Gasteiger partial charge in [0.2, 0.25) is 0 Å². The fourth-order valence-corrected chi connectivity index (χ4v) is 4.03. The molecule has 1 atom stereocenters. The average Bonchev–Trinajstić information content (AvgIpc) is 2.99. The number of hydrogen-bond acceptors (Lipinski definition) is 4. The van der Waals surface area contributed by atoms with Crippen LogP contribution in [0.4, 0.5) is 10.1 Å². The predicted molar refractivity (Wildman–Crippen MR) is 116 cm³/mol. The van der Waals surface area contributed by atoms with Crippen molar-refractivity contribution in [3.05, 3.63) is 99.3 Å². The molecule has 1 fully saturated rings. The topological polar surface area (TPSA) is 77.8 Å². The van der Waals surface area contributed by atoms with Crippen molar-refractivity contribution >= 4 is 46.3 Å². The van der Waals surface area contributed by atoms with Gasteiger partial charge in [-0.2, -0.15) is 0 Å². The van der Waals surface area contributed by atoms with Crippen LogP contribution in [0.3, 0.4) is 0 Å². The van der Waals surface area contributed by atoms with Crippen LogP contribution in [0, 0.1) is 5.82 Å². The molecule has 4 rings (SSSR count). The van der Waals surface area contributed by atoms with E-state index in [9.17, 15) is 24.2 Å². The third kappa shape index (κ3) is 3.87. The lowest BCUT2D eigenvalue weighted by atomic mass is 9.95. The zero-order chi connectivity index (χ0) is 22.3. The number of carbonyl (C=O) groups excluding carboxylic acids is 2. The molecule has 1 unspecified atom stereocenters. The Balaban J connectivity index is 1.96. The first-order valence-electron chi connectivity index (χ1n) is 9.08. The summed E-state index contributed by atoms with van der Waals surface area (Å²) in [4.78, 5) is 27.2. The maximum atomic E-state index is 13.3. The van der Waals surface area contributed by atoms with Crippen molar-refractivity contribution in [1.82, 2.24) is 0 Å². The molecule has 8 heteroatoms. The molecule has 1 amide bonds. The van der Waals surface area contributed by atoms with Crippen LogP contribution < -0.4 is 4.90 Å². The molecule has 1 aliphatic heterocycles. The first kappa shape index (κ1) is 20.9. The van der Waals surface area contributed by atoms with E-state index in [1.54, 1.807) is 0 Å². The SMILES string of the molecule is O=C1C(=O)N(c2cc(Cl)cc(Cl)c2)C(c2ccc(O)cc2)/C1=C(\O)c1ccc(F)cc1. The minimum absolute atomic E-state index is 0.00923. The summed E-state index contributed by atoms with van der Waals surface area (Å²) in [5.41, 5.74) is 0.707. The van der Waals surface area contributed by atoms with Crippen molar-refractivity contribution in [2.75, 3.05) is 4.90 Å². The van der Waals surface area contributed by atoms with Crippen LogP contribution in [0.2, 0.25) is 10.0 Å². The number of carbonyl (C=O) groups is 2. The summed E-state index contributed by atoms with van der Waals surface area (Å²) < 4.78 is 13.3. The Kier molecular flexibility index (Phi) is 5.43. The average molecular weight is 458 g/mol. The minimum Gasteiger partial charge on any atom is -0.508 e. The Hall–Kier alpha value is -3.35. The molecule has 3 aromatic carbocycles. The largest absolute Gasteiger partial charge is 0.508 e. The van der Waals surface area contributed by atoms with Gasteiger partial charge in [-0.15, -0.1) is 0 Å². The van der Waals surface area contributed by atoms with Gasteiger partial charge in [0.25, 0.3) is 11.7 Å². The maximum absolute atomic E-state index is 13.3. The van der Waals surface area contributed by atoms with Crippen LogP contribution >= 0.6 is 23.2 Å². The Bertz CT molecular complexity index is 1200. The van der Waals surface area contributed by atoms with Crippen LogP contribution in [-0.2, 0) is 9.59 Å². The molecule has 0 aromatic heterocycles. The lowest BCUT2D eigenvalue weighted by molar-refractivity contribution is -0.132. The molecule has 0 bridgehead atoms. The van der Waals surface area contributed by atoms with Crippen molar-refractivity contribution < 1.29 is 24.2 Å². The first-order chi connectivity index (χ1) is 14.8. The highest BCUT2D eigenvalue weighted by atomic mass is 35.5. The number of Topliss-reactive ketones (excluding diaryl/α,β-unsaturated/α-hetero) is 1. The molecule has 2 N–H and O–H groups in total. The van der Waals surface area contributed by atoms with Gasteiger partial charge in [-0.3, -0.25) is 14.5 Å². The fourth-order valence-electron chi connectivity index (χ4n) is 3.51. The van der Waals surface area contributed by atoms with Gasteiger partial charge in [0.1, 0.15) is 17.3 Å². The van der Waals surface area contributed by atoms with E-state index in [1.165, 1.54) is 59.5 Å². The molecule has 31 heavy (non-hydrogen) atoms. The number of amides is 1. The molecule has 0 spiro atoms. The lowest BCUT2D eigenvalue weighted by Gasteiger charge is -2.25. The van der Waals surface area contributed by atoms with Crippen molar-refractivity contribution in [3.63, 3.8) is 0 Å². The van der Waals surface area contributed by atoms with Crippen molar-refractivity contribution in [3.8, 4) is 5.75 Å². The number of phenols is 1. The smallest absolute Gasteiger partial charge is 0.300 e. The van der Waals surface area contributed by atoms with Crippen LogP contribution in [0.5, 0.6) is 5.75 Å². The number of rotatable bonds is 3. The highest BCUT2D eigenvalue weighted by molar-refractivity contribution is 6.52. The number of hydrogen-bond donors (Lipinski definition) is 2. The van der Waals surface area contributed by atoms with Gasteiger partial charge in [0.05, 0.1) is 11.6 Å². The van der Waals surface area contributed by atoms with E-state index in [4.69, 9.17) is 23.2 Å². The molecule has 1 heterocycles. The van der Waals surface area contributed by atoms with Gasteiger partial charge < -0.3 is 10.2 Å². The van der Waals surface area contributed by atoms with Gasteiger partial charge in [0.15, 0.2) is 0 Å². The normalized spacial score (nSPS) is 17.9. The zero-order valence-corrected chi connectivity index (χ0v) is 17.2. The van der Waals surface area contributed by atoms with E-state index in [0.717, 1.165) is 12.1 Å². The van der Waals surface area contributed by atoms with Crippen molar-refractivity contribution in [1.29, 1.82) is 0 Å². The number of nitrogens with zero attached hydrogens (tertiary/aromatic N) is 1. The van der Waals surface area contributed by atoms with E-state index < -0.39 is 29.3 Å².